The van der Waals surface area contributed by atoms with Gasteiger partial charge in [0.2, 0.25) is 6.54 Å². The van der Waals surface area contributed by atoms with E-state index < -0.39 is 8.56 Å². The third-order valence-electron chi connectivity index (χ3n) is 1.84. The van der Waals surface area contributed by atoms with Crippen LogP contribution in [0.2, 0.25) is 12.6 Å². The first-order valence-electron chi connectivity index (χ1n) is 3.76. The summed E-state index contributed by atoms with van der Waals surface area (Å²) in [6, 6.07) is 0.668. The predicted octanol–water partition coefficient (Wildman–Crippen LogP) is 1.02. The summed E-state index contributed by atoms with van der Waals surface area (Å²) in [5, 5.41) is 10.0. The van der Waals surface area contributed by atoms with Gasteiger partial charge in [0.25, 0.3) is 0 Å². The molecule has 0 aromatic rings. The maximum atomic E-state index is 10.0. The van der Waals surface area contributed by atoms with E-state index in [2.05, 4.69) is 0 Å². The summed E-state index contributed by atoms with van der Waals surface area (Å²) >= 11 is 0. The van der Waals surface area contributed by atoms with E-state index >= 15 is 0 Å². The van der Waals surface area contributed by atoms with Crippen molar-refractivity contribution in [3.8, 4) is 0 Å². The highest BCUT2D eigenvalue weighted by Gasteiger charge is 2.28. The Morgan fingerprint density at radius 2 is 1.92 bits per heavy atom. The van der Waals surface area contributed by atoms with Crippen LogP contribution < -0.4 is 0 Å². The quantitative estimate of drug-likeness (QED) is 0.359. The van der Waals surface area contributed by atoms with Crippen LogP contribution >= 0.6 is 0 Å². The molecule has 0 aromatic heterocycles. The number of hydrogen-bond acceptors (Lipinski definition) is 4. The highest BCUT2D eigenvalue weighted by atomic mass is 28.4. The van der Waals surface area contributed by atoms with Crippen molar-refractivity contribution in [2.45, 2.75) is 19.0 Å². The van der Waals surface area contributed by atoms with Crippen molar-refractivity contribution >= 4 is 8.56 Å². The fraction of sp³-hybridized carbons (Fsp3) is 1.00. The van der Waals surface area contributed by atoms with Gasteiger partial charge in [-0.1, -0.05) is 0 Å². The van der Waals surface area contributed by atoms with Crippen LogP contribution in [-0.2, 0) is 8.85 Å². The van der Waals surface area contributed by atoms with E-state index in [-0.39, 0.29) is 11.5 Å². The number of hydrogen-bond donors (Lipinski definition) is 0. The average molecular weight is 193 g/mol. The van der Waals surface area contributed by atoms with E-state index in [1.165, 1.54) is 0 Å². The molecule has 5 nitrogen and oxygen atoms in total. The average Bonchev–Trinajstić information content (AvgIpc) is 2.03. The number of rotatable bonds is 6. The lowest BCUT2D eigenvalue weighted by atomic mass is 10.5. The molecule has 72 valence electrons. The molecule has 0 N–H and O–H groups in total. The third kappa shape index (κ3) is 4.42. The molecule has 0 rings (SSSR count). The molecule has 12 heavy (non-hydrogen) atoms. The molecule has 0 aromatic carbocycles. The van der Waals surface area contributed by atoms with E-state index in [1.54, 1.807) is 14.2 Å². The first-order chi connectivity index (χ1) is 5.54. The monoisotopic (exact) mass is 193 g/mol. The lowest BCUT2D eigenvalue weighted by Gasteiger charge is -2.21. The number of nitrogens with zero attached hydrogens (tertiary/aromatic N) is 1. The van der Waals surface area contributed by atoms with Gasteiger partial charge in [0, 0.05) is 25.6 Å². The first-order valence-corrected chi connectivity index (χ1v) is 6.28. The van der Waals surface area contributed by atoms with E-state index in [0.717, 1.165) is 0 Å². The van der Waals surface area contributed by atoms with Gasteiger partial charge < -0.3 is 8.85 Å². The van der Waals surface area contributed by atoms with Gasteiger partial charge in [0.1, 0.15) is 0 Å². The second kappa shape index (κ2) is 5.23. The van der Waals surface area contributed by atoms with Crippen LogP contribution in [-0.4, -0.2) is 34.2 Å². The van der Waals surface area contributed by atoms with Gasteiger partial charge in [-0.25, -0.2) is 0 Å². The lowest BCUT2D eigenvalue weighted by Crippen LogP contribution is -2.36. The lowest BCUT2D eigenvalue weighted by molar-refractivity contribution is -0.479. The van der Waals surface area contributed by atoms with Crippen LogP contribution in [0.1, 0.15) is 6.42 Å². The summed E-state index contributed by atoms with van der Waals surface area (Å²) in [5.41, 5.74) is 0. The van der Waals surface area contributed by atoms with Crippen molar-refractivity contribution in [1.82, 2.24) is 0 Å². The van der Waals surface area contributed by atoms with Crippen molar-refractivity contribution in [1.29, 1.82) is 0 Å². The van der Waals surface area contributed by atoms with Crippen LogP contribution in [0.4, 0.5) is 0 Å². The van der Waals surface area contributed by atoms with Crippen molar-refractivity contribution in [2.75, 3.05) is 20.8 Å². The molecule has 0 amide bonds. The van der Waals surface area contributed by atoms with Crippen LogP contribution in [0, 0.1) is 10.1 Å². The summed E-state index contributed by atoms with van der Waals surface area (Å²) in [5.74, 6) is 0. The minimum absolute atomic E-state index is 0.00465. The van der Waals surface area contributed by atoms with Crippen LogP contribution in [0.3, 0.4) is 0 Å². The van der Waals surface area contributed by atoms with Crippen LogP contribution in [0.25, 0.3) is 0 Å². The van der Waals surface area contributed by atoms with E-state index in [9.17, 15) is 10.1 Å². The van der Waals surface area contributed by atoms with Crippen molar-refractivity contribution < 1.29 is 13.8 Å². The molecule has 0 bridgehead atoms. The summed E-state index contributed by atoms with van der Waals surface area (Å²) in [4.78, 5) is 9.68. The fourth-order valence-corrected chi connectivity index (χ4v) is 2.19. The van der Waals surface area contributed by atoms with Crippen molar-refractivity contribution in [3.05, 3.63) is 10.1 Å². The molecule has 0 unspecified atom stereocenters. The molecule has 0 fully saturated rings. The maximum Gasteiger partial charge on any atom is 0.334 e. The van der Waals surface area contributed by atoms with Gasteiger partial charge in [-0.15, -0.1) is 0 Å². The number of nitro groups is 1. The molecular weight excluding hydrogens is 178 g/mol. The smallest absolute Gasteiger partial charge is 0.334 e. The summed E-state index contributed by atoms with van der Waals surface area (Å²) < 4.78 is 10.3. The molecule has 0 aliphatic carbocycles. The molecule has 0 heterocycles. The zero-order valence-corrected chi connectivity index (χ0v) is 8.70. The highest BCUT2D eigenvalue weighted by Crippen LogP contribution is 2.13. The van der Waals surface area contributed by atoms with E-state index in [0.29, 0.717) is 12.5 Å². The first kappa shape index (κ1) is 11.5. The Balaban J connectivity index is 3.65. The molecule has 0 atom stereocenters. The summed E-state index contributed by atoms with van der Waals surface area (Å²) in [7, 11) is 1.10. The Morgan fingerprint density at radius 1 is 1.42 bits per heavy atom. The van der Waals surface area contributed by atoms with Crippen LogP contribution in [0.5, 0.6) is 0 Å². The zero-order valence-electron chi connectivity index (χ0n) is 7.70. The SMILES string of the molecule is CO[Si](C)(CCC[N+](=O)[O-])OC. The summed E-state index contributed by atoms with van der Waals surface area (Å²) in [6.45, 7) is 1.89. The van der Waals surface area contributed by atoms with E-state index in [4.69, 9.17) is 8.85 Å². The molecule has 0 saturated heterocycles. The standard InChI is InChI=1S/C6H15NO4Si/c1-10-12(3,11-2)6-4-5-7(8)9/h4-6H2,1-3H3. The third-order valence-corrected chi connectivity index (χ3v) is 4.82. The minimum atomic E-state index is -2.07. The van der Waals surface area contributed by atoms with Crippen LogP contribution in [0.15, 0.2) is 0 Å². The molecule has 0 aliphatic heterocycles. The Morgan fingerprint density at radius 3 is 2.25 bits per heavy atom. The Kier molecular flexibility index (Phi) is 5.03. The molecule has 6 heteroatoms. The van der Waals surface area contributed by atoms with Gasteiger partial charge >= 0.3 is 8.56 Å². The maximum absolute atomic E-state index is 10.0. The zero-order chi connectivity index (χ0) is 9.61. The Hall–Kier alpha value is -0.463. The second-order valence-corrected chi connectivity index (χ2v) is 6.29. The Labute approximate surface area is 73.1 Å². The van der Waals surface area contributed by atoms with Crippen molar-refractivity contribution in [3.63, 3.8) is 0 Å². The highest BCUT2D eigenvalue weighted by molar-refractivity contribution is 6.65. The van der Waals surface area contributed by atoms with Gasteiger partial charge in [-0.05, 0) is 12.6 Å². The Bertz CT molecular complexity index is 148. The predicted molar refractivity (Wildman–Crippen MR) is 46.9 cm³/mol. The summed E-state index contributed by atoms with van der Waals surface area (Å²) in [6.07, 6.45) is 0.525. The molecule has 0 saturated carbocycles. The van der Waals surface area contributed by atoms with Crippen molar-refractivity contribution in [2.24, 2.45) is 0 Å². The minimum Gasteiger partial charge on any atom is -0.398 e. The molecular formula is C6H15NO4Si. The molecule has 0 spiro atoms. The van der Waals surface area contributed by atoms with Gasteiger partial charge in [-0.2, -0.15) is 0 Å². The van der Waals surface area contributed by atoms with Gasteiger partial charge in [0.15, 0.2) is 0 Å². The van der Waals surface area contributed by atoms with Gasteiger partial charge in [-0.3, -0.25) is 10.1 Å². The van der Waals surface area contributed by atoms with E-state index in [1.807, 2.05) is 6.55 Å². The fourth-order valence-electron chi connectivity index (χ4n) is 0.817. The largest absolute Gasteiger partial charge is 0.398 e. The topological polar surface area (TPSA) is 61.6 Å². The molecule has 0 radical (unpaired) electrons. The normalized spacial score (nSPS) is 11.6. The second-order valence-electron chi connectivity index (χ2n) is 2.70. The molecule has 0 aliphatic rings. The van der Waals surface area contributed by atoms with Gasteiger partial charge in [0.05, 0.1) is 0 Å².